The third-order valence-electron chi connectivity index (χ3n) is 1.67. The lowest BCUT2D eigenvalue weighted by atomic mass is 10.3. The fourth-order valence-corrected chi connectivity index (χ4v) is 1.67. The van der Waals surface area contributed by atoms with Crippen LogP contribution in [-0.4, -0.2) is 9.38 Å². The van der Waals surface area contributed by atoms with Crippen LogP contribution in [0.1, 0.15) is 5.56 Å². The summed E-state index contributed by atoms with van der Waals surface area (Å²) in [5, 5.41) is 0. The van der Waals surface area contributed by atoms with Crippen molar-refractivity contribution in [3.63, 3.8) is 0 Å². The van der Waals surface area contributed by atoms with Crippen molar-refractivity contribution in [1.29, 1.82) is 0 Å². The van der Waals surface area contributed by atoms with Crippen molar-refractivity contribution in [2.75, 3.05) is 0 Å². The number of hydrogen-bond acceptors (Lipinski definition) is 1. The predicted octanol–water partition coefficient (Wildman–Crippen LogP) is 2.54. The van der Waals surface area contributed by atoms with Crippen LogP contribution in [0.15, 0.2) is 23.2 Å². The highest BCUT2D eigenvalue weighted by molar-refractivity contribution is 9.10. The van der Waals surface area contributed by atoms with Gasteiger partial charge in [-0.3, -0.25) is 0 Å². The Hall–Kier alpha value is -0.900. The number of aryl methyl sites for hydroxylation is 1. The van der Waals surface area contributed by atoms with Crippen LogP contribution in [0.2, 0.25) is 0 Å². The fraction of sp³-hybridized carbons (Fsp3) is 0.125. The SMILES string of the molecule is Cc1cc(F)c2c(Br)ncn2c1. The van der Waals surface area contributed by atoms with E-state index in [-0.39, 0.29) is 5.82 Å². The normalized spacial score (nSPS) is 10.9. The highest BCUT2D eigenvalue weighted by Crippen LogP contribution is 2.19. The summed E-state index contributed by atoms with van der Waals surface area (Å²) in [5.41, 5.74) is 1.37. The summed E-state index contributed by atoms with van der Waals surface area (Å²) in [6.45, 7) is 1.84. The smallest absolute Gasteiger partial charge is 0.150 e. The van der Waals surface area contributed by atoms with E-state index >= 15 is 0 Å². The Labute approximate surface area is 77.2 Å². The summed E-state index contributed by atoms with van der Waals surface area (Å²) in [6.07, 6.45) is 3.41. The summed E-state index contributed by atoms with van der Waals surface area (Å²) in [6, 6.07) is 1.49. The van der Waals surface area contributed by atoms with Crippen LogP contribution in [0.5, 0.6) is 0 Å². The molecule has 0 unspecified atom stereocenters. The minimum Gasteiger partial charge on any atom is -0.302 e. The van der Waals surface area contributed by atoms with Crippen molar-refractivity contribution >= 4 is 21.4 Å². The minimum atomic E-state index is -0.251. The van der Waals surface area contributed by atoms with Gasteiger partial charge in [0.05, 0.1) is 0 Å². The van der Waals surface area contributed by atoms with Gasteiger partial charge in [0, 0.05) is 6.20 Å². The Morgan fingerprint density at radius 2 is 2.33 bits per heavy atom. The molecule has 0 N–H and O–H groups in total. The van der Waals surface area contributed by atoms with Gasteiger partial charge in [0.25, 0.3) is 0 Å². The highest BCUT2D eigenvalue weighted by atomic mass is 79.9. The second kappa shape index (κ2) is 2.55. The van der Waals surface area contributed by atoms with Crippen molar-refractivity contribution in [3.05, 3.63) is 34.6 Å². The summed E-state index contributed by atoms with van der Waals surface area (Å²) in [7, 11) is 0. The molecule has 62 valence electrons. The van der Waals surface area contributed by atoms with E-state index < -0.39 is 0 Å². The molecule has 4 heteroatoms. The van der Waals surface area contributed by atoms with E-state index in [2.05, 4.69) is 20.9 Å². The average Bonchev–Trinajstić information content (AvgIpc) is 2.31. The molecule has 0 fully saturated rings. The molecule has 12 heavy (non-hydrogen) atoms. The van der Waals surface area contributed by atoms with Gasteiger partial charge in [-0.15, -0.1) is 0 Å². The van der Waals surface area contributed by atoms with Crippen LogP contribution in [0.25, 0.3) is 5.52 Å². The molecule has 0 amide bonds. The van der Waals surface area contributed by atoms with Crippen molar-refractivity contribution in [2.45, 2.75) is 6.92 Å². The van der Waals surface area contributed by atoms with Crippen LogP contribution in [-0.2, 0) is 0 Å². The molecule has 2 aromatic rings. The number of nitrogens with zero attached hydrogens (tertiary/aromatic N) is 2. The third-order valence-corrected chi connectivity index (χ3v) is 2.25. The van der Waals surface area contributed by atoms with E-state index in [1.807, 2.05) is 13.1 Å². The zero-order valence-corrected chi connectivity index (χ0v) is 7.97. The number of hydrogen-bond donors (Lipinski definition) is 0. The maximum atomic E-state index is 13.3. The standard InChI is InChI=1S/C8H6BrFN2/c1-5-2-6(10)7-8(9)11-4-12(7)3-5/h2-4H,1H3. The molecular formula is C8H6BrFN2. The van der Waals surface area contributed by atoms with Gasteiger partial charge in [-0.1, -0.05) is 0 Å². The van der Waals surface area contributed by atoms with Crippen molar-refractivity contribution in [2.24, 2.45) is 0 Å². The number of halogens is 2. The van der Waals surface area contributed by atoms with Crippen LogP contribution in [0.3, 0.4) is 0 Å². The lowest BCUT2D eigenvalue weighted by Gasteiger charge is -1.97. The van der Waals surface area contributed by atoms with E-state index in [0.717, 1.165) is 5.56 Å². The zero-order valence-electron chi connectivity index (χ0n) is 6.38. The minimum absolute atomic E-state index is 0.251. The van der Waals surface area contributed by atoms with Gasteiger partial charge in [-0.25, -0.2) is 9.37 Å². The first-order valence-electron chi connectivity index (χ1n) is 3.47. The first-order valence-corrected chi connectivity index (χ1v) is 4.26. The second-order valence-corrected chi connectivity index (χ2v) is 3.41. The molecule has 0 spiro atoms. The van der Waals surface area contributed by atoms with Gasteiger partial charge in [0.1, 0.15) is 22.3 Å². The molecule has 0 aromatic carbocycles. The van der Waals surface area contributed by atoms with E-state index in [9.17, 15) is 4.39 Å². The lowest BCUT2D eigenvalue weighted by molar-refractivity contribution is 0.631. The predicted molar refractivity (Wildman–Crippen MR) is 47.6 cm³/mol. The second-order valence-electron chi connectivity index (χ2n) is 2.66. The number of aromatic nitrogens is 2. The van der Waals surface area contributed by atoms with Crippen LogP contribution in [0, 0.1) is 12.7 Å². The van der Waals surface area contributed by atoms with E-state index in [1.54, 1.807) is 10.7 Å². The number of pyridine rings is 1. The van der Waals surface area contributed by atoms with E-state index in [0.29, 0.717) is 10.1 Å². The Morgan fingerprint density at radius 1 is 1.58 bits per heavy atom. The Balaban J connectivity index is 2.93. The lowest BCUT2D eigenvalue weighted by Crippen LogP contribution is -1.88. The Kier molecular flexibility index (Phi) is 1.65. The molecule has 0 aliphatic rings. The molecule has 0 atom stereocenters. The quantitative estimate of drug-likeness (QED) is 0.678. The molecular weight excluding hydrogens is 223 g/mol. The largest absolute Gasteiger partial charge is 0.302 e. The van der Waals surface area contributed by atoms with Crippen LogP contribution < -0.4 is 0 Å². The topological polar surface area (TPSA) is 17.3 Å². The van der Waals surface area contributed by atoms with Crippen molar-refractivity contribution in [3.8, 4) is 0 Å². The summed E-state index contributed by atoms with van der Waals surface area (Å²) in [5.74, 6) is -0.251. The summed E-state index contributed by atoms with van der Waals surface area (Å²) in [4.78, 5) is 3.94. The number of fused-ring (bicyclic) bond motifs is 1. The van der Waals surface area contributed by atoms with Crippen molar-refractivity contribution in [1.82, 2.24) is 9.38 Å². The van der Waals surface area contributed by atoms with Gasteiger partial charge >= 0.3 is 0 Å². The summed E-state index contributed by atoms with van der Waals surface area (Å²) >= 11 is 3.17. The van der Waals surface area contributed by atoms with E-state index in [4.69, 9.17) is 0 Å². The Bertz CT molecular complexity index is 436. The third kappa shape index (κ3) is 1.03. The van der Waals surface area contributed by atoms with Gasteiger partial charge in [-0.2, -0.15) is 0 Å². The fourth-order valence-electron chi connectivity index (χ4n) is 1.18. The first kappa shape index (κ1) is 7.73. The molecule has 0 aliphatic carbocycles. The molecule has 2 heterocycles. The first-order chi connectivity index (χ1) is 5.68. The van der Waals surface area contributed by atoms with Gasteiger partial charge < -0.3 is 4.40 Å². The molecule has 2 aromatic heterocycles. The number of rotatable bonds is 0. The monoisotopic (exact) mass is 228 g/mol. The molecule has 0 aliphatic heterocycles. The summed E-state index contributed by atoms with van der Waals surface area (Å²) < 4.78 is 15.5. The number of imidazole rings is 1. The Morgan fingerprint density at radius 3 is 3.08 bits per heavy atom. The molecule has 2 rings (SSSR count). The van der Waals surface area contributed by atoms with Gasteiger partial charge in [0.15, 0.2) is 0 Å². The molecule has 0 bridgehead atoms. The zero-order chi connectivity index (χ0) is 8.72. The van der Waals surface area contributed by atoms with E-state index in [1.165, 1.54) is 6.07 Å². The van der Waals surface area contributed by atoms with Crippen molar-refractivity contribution < 1.29 is 4.39 Å². The van der Waals surface area contributed by atoms with Crippen LogP contribution in [0.4, 0.5) is 4.39 Å². The van der Waals surface area contributed by atoms with Gasteiger partial charge in [0.2, 0.25) is 0 Å². The maximum absolute atomic E-state index is 13.3. The van der Waals surface area contributed by atoms with Crippen LogP contribution >= 0.6 is 15.9 Å². The molecule has 0 radical (unpaired) electrons. The average molecular weight is 229 g/mol. The molecule has 2 nitrogen and oxygen atoms in total. The van der Waals surface area contributed by atoms with Gasteiger partial charge in [-0.05, 0) is 34.5 Å². The highest BCUT2D eigenvalue weighted by Gasteiger charge is 2.06. The molecule has 0 saturated heterocycles. The molecule has 0 saturated carbocycles. The maximum Gasteiger partial charge on any atom is 0.150 e.